The Balaban J connectivity index is 2.32. The van der Waals surface area contributed by atoms with Gasteiger partial charge in [0.15, 0.2) is 0 Å². The van der Waals surface area contributed by atoms with Crippen LogP contribution in [0.2, 0.25) is 0 Å². The van der Waals surface area contributed by atoms with Gasteiger partial charge < -0.3 is 10.1 Å². The minimum atomic E-state index is -4.20. The summed E-state index contributed by atoms with van der Waals surface area (Å²) in [6.07, 6.45) is -1.09. The van der Waals surface area contributed by atoms with Gasteiger partial charge in [0.1, 0.15) is 6.54 Å². The second kappa shape index (κ2) is 5.37. The Kier molecular flexibility index (Phi) is 3.79. The lowest BCUT2D eigenvalue weighted by Crippen LogP contribution is -2.49. The summed E-state index contributed by atoms with van der Waals surface area (Å²) in [6, 6.07) is 6.38. The maximum atomic E-state index is 12.1. The zero-order valence-electron chi connectivity index (χ0n) is 10.6. The van der Waals surface area contributed by atoms with Crippen LogP contribution in [0.15, 0.2) is 24.3 Å². The van der Waals surface area contributed by atoms with Crippen LogP contribution in [-0.2, 0) is 19.7 Å². The summed E-state index contributed by atoms with van der Waals surface area (Å²) in [4.78, 5) is 22.8. The van der Waals surface area contributed by atoms with Crippen LogP contribution in [0.1, 0.15) is 6.92 Å². The first-order valence-electron chi connectivity index (χ1n) is 5.80. The highest BCUT2D eigenvalue weighted by Crippen LogP contribution is 2.30. The van der Waals surface area contributed by atoms with Gasteiger partial charge in [-0.2, -0.15) is 8.42 Å². The molecule has 0 saturated carbocycles. The van der Waals surface area contributed by atoms with Crippen molar-refractivity contribution in [2.45, 2.75) is 6.92 Å². The van der Waals surface area contributed by atoms with Crippen LogP contribution in [0, 0.1) is 0 Å². The Labute approximate surface area is 115 Å². The molecule has 1 aliphatic rings. The number of carbonyl (C=O) groups excluding carboxylic acids is 2. The van der Waals surface area contributed by atoms with Crippen molar-refractivity contribution in [1.82, 2.24) is 4.72 Å². The van der Waals surface area contributed by atoms with E-state index in [1.54, 1.807) is 29.8 Å². The predicted octanol–water partition coefficient (Wildman–Crippen LogP) is 0.436. The third-order valence-electron chi connectivity index (χ3n) is 2.51. The number of anilines is 2. The lowest BCUT2D eigenvalue weighted by molar-refractivity contribution is -0.115. The lowest BCUT2D eigenvalue weighted by Gasteiger charge is -2.29. The summed E-state index contributed by atoms with van der Waals surface area (Å²) in [5, 5.41) is 2.55. The van der Waals surface area contributed by atoms with Crippen LogP contribution < -0.4 is 14.3 Å². The number of hydrogen-bond acceptors (Lipinski definition) is 5. The fourth-order valence-corrected chi connectivity index (χ4v) is 2.82. The number of para-hydroxylation sites is 2. The van der Waals surface area contributed by atoms with Gasteiger partial charge >= 0.3 is 16.3 Å². The molecule has 0 fully saturated rings. The topological polar surface area (TPSA) is 105 Å². The SMILES string of the molecule is CCOC(=O)NS(=O)(=O)N1CC(=O)Nc2ccccc21. The number of hydrogen-bond donors (Lipinski definition) is 2. The molecule has 0 radical (unpaired) electrons. The minimum Gasteiger partial charge on any atom is -0.449 e. The highest BCUT2D eigenvalue weighted by Gasteiger charge is 2.32. The maximum absolute atomic E-state index is 12.1. The number of nitrogens with one attached hydrogen (secondary N) is 2. The van der Waals surface area contributed by atoms with E-state index in [1.165, 1.54) is 6.07 Å². The molecule has 0 unspecified atom stereocenters. The number of nitrogens with zero attached hydrogens (tertiary/aromatic N) is 1. The van der Waals surface area contributed by atoms with Crippen LogP contribution in [0.4, 0.5) is 16.2 Å². The van der Waals surface area contributed by atoms with Crippen molar-refractivity contribution < 1.29 is 22.7 Å². The van der Waals surface area contributed by atoms with Crippen LogP contribution in [0.3, 0.4) is 0 Å². The zero-order valence-corrected chi connectivity index (χ0v) is 11.4. The molecule has 1 aromatic rings. The van der Waals surface area contributed by atoms with Gasteiger partial charge in [-0.15, -0.1) is 0 Å². The summed E-state index contributed by atoms with van der Waals surface area (Å²) >= 11 is 0. The molecule has 8 nitrogen and oxygen atoms in total. The van der Waals surface area contributed by atoms with Crippen molar-refractivity contribution in [3.8, 4) is 0 Å². The molecule has 108 valence electrons. The van der Waals surface area contributed by atoms with E-state index in [1.807, 2.05) is 0 Å². The Morgan fingerprint density at radius 3 is 2.85 bits per heavy atom. The maximum Gasteiger partial charge on any atom is 0.422 e. The first kappa shape index (κ1) is 14.1. The number of benzene rings is 1. The number of fused-ring (bicyclic) bond motifs is 1. The molecule has 1 aromatic carbocycles. The van der Waals surface area contributed by atoms with E-state index in [0.717, 1.165) is 4.31 Å². The van der Waals surface area contributed by atoms with Crippen LogP contribution in [0.25, 0.3) is 0 Å². The van der Waals surface area contributed by atoms with Gasteiger partial charge in [-0.05, 0) is 19.1 Å². The van der Waals surface area contributed by atoms with Crippen LogP contribution in [-0.4, -0.2) is 33.6 Å². The monoisotopic (exact) mass is 299 g/mol. The number of ether oxygens (including phenoxy) is 1. The zero-order chi connectivity index (χ0) is 14.8. The van der Waals surface area contributed by atoms with Gasteiger partial charge in [-0.3, -0.25) is 4.79 Å². The number of amides is 2. The standard InChI is InChI=1S/C11H13N3O5S/c1-2-19-11(16)13-20(17,18)14-7-10(15)12-8-5-3-4-6-9(8)14/h3-6H,2,7H2,1H3,(H,12,15)(H,13,16). The number of carbonyl (C=O) groups is 2. The summed E-state index contributed by atoms with van der Waals surface area (Å²) < 4.78 is 31.3. The van der Waals surface area contributed by atoms with Crippen molar-refractivity contribution in [1.29, 1.82) is 0 Å². The number of rotatable bonds is 3. The molecule has 0 spiro atoms. The molecule has 2 amide bonds. The highest BCUT2D eigenvalue weighted by atomic mass is 32.2. The van der Waals surface area contributed by atoms with Crippen LogP contribution >= 0.6 is 0 Å². The van der Waals surface area contributed by atoms with Gasteiger partial charge in [0.2, 0.25) is 5.91 Å². The smallest absolute Gasteiger partial charge is 0.422 e. The average Bonchev–Trinajstić information content (AvgIpc) is 2.37. The first-order chi connectivity index (χ1) is 9.44. The fraction of sp³-hybridized carbons (Fsp3) is 0.273. The summed E-state index contributed by atoms with van der Waals surface area (Å²) in [7, 11) is -4.20. The summed E-state index contributed by atoms with van der Waals surface area (Å²) in [5.74, 6) is -0.488. The minimum absolute atomic E-state index is 0.0401. The van der Waals surface area contributed by atoms with E-state index in [9.17, 15) is 18.0 Å². The molecule has 0 aromatic heterocycles. The van der Waals surface area contributed by atoms with E-state index in [0.29, 0.717) is 5.69 Å². The summed E-state index contributed by atoms with van der Waals surface area (Å²) in [5.41, 5.74) is 0.641. The normalized spacial score (nSPS) is 14.2. The van der Waals surface area contributed by atoms with Crippen molar-refractivity contribution in [3.63, 3.8) is 0 Å². The van der Waals surface area contributed by atoms with E-state index in [-0.39, 0.29) is 12.3 Å². The molecule has 0 atom stereocenters. The lowest BCUT2D eigenvalue weighted by atomic mass is 10.2. The third kappa shape index (κ3) is 2.82. The fourth-order valence-electron chi connectivity index (χ4n) is 1.74. The molecule has 20 heavy (non-hydrogen) atoms. The van der Waals surface area contributed by atoms with E-state index >= 15 is 0 Å². The molecule has 0 saturated heterocycles. The molecule has 1 aliphatic heterocycles. The quantitative estimate of drug-likeness (QED) is 0.842. The molecular weight excluding hydrogens is 286 g/mol. The molecule has 0 bridgehead atoms. The van der Waals surface area contributed by atoms with Crippen molar-refractivity contribution in [2.24, 2.45) is 0 Å². The third-order valence-corrected chi connectivity index (χ3v) is 3.84. The Bertz CT molecular complexity index is 643. The van der Waals surface area contributed by atoms with Gasteiger partial charge in [0.25, 0.3) is 0 Å². The molecule has 2 N–H and O–H groups in total. The molecule has 2 rings (SSSR count). The highest BCUT2D eigenvalue weighted by molar-refractivity contribution is 7.91. The molecule has 0 aliphatic carbocycles. The van der Waals surface area contributed by atoms with Gasteiger partial charge in [-0.25, -0.2) is 13.8 Å². The van der Waals surface area contributed by atoms with Crippen molar-refractivity contribution in [2.75, 3.05) is 22.8 Å². The first-order valence-corrected chi connectivity index (χ1v) is 7.24. The molecule has 9 heteroatoms. The second-order valence-corrected chi connectivity index (χ2v) is 5.49. The Hall–Kier alpha value is -2.29. The van der Waals surface area contributed by atoms with E-state index in [2.05, 4.69) is 10.1 Å². The average molecular weight is 299 g/mol. The largest absolute Gasteiger partial charge is 0.449 e. The van der Waals surface area contributed by atoms with Crippen LogP contribution in [0.5, 0.6) is 0 Å². The van der Waals surface area contributed by atoms with E-state index in [4.69, 9.17) is 0 Å². The Morgan fingerprint density at radius 1 is 1.45 bits per heavy atom. The van der Waals surface area contributed by atoms with Crippen molar-refractivity contribution in [3.05, 3.63) is 24.3 Å². The van der Waals surface area contributed by atoms with E-state index < -0.39 is 28.8 Å². The predicted molar refractivity (Wildman–Crippen MR) is 71.5 cm³/mol. The van der Waals surface area contributed by atoms with Crippen molar-refractivity contribution >= 4 is 33.6 Å². The summed E-state index contributed by atoms with van der Waals surface area (Å²) in [6.45, 7) is 1.18. The Morgan fingerprint density at radius 2 is 2.15 bits per heavy atom. The molecule has 1 heterocycles. The molecular formula is C11H13N3O5S. The van der Waals surface area contributed by atoms with Gasteiger partial charge in [0, 0.05) is 0 Å². The van der Waals surface area contributed by atoms with Gasteiger partial charge in [-0.1, -0.05) is 12.1 Å². The second-order valence-electron chi connectivity index (χ2n) is 3.90. The van der Waals surface area contributed by atoms with Gasteiger partial charge in [0.05, 0.1) is 18.0 Å².